The van der Waals surface area contributed by atoms with Crippen molar-refractivity contribution in [2.45, 2.75) is 57.1 Å². The minimum Gasteiger partial charge on any atom is -0.550 e. The van der Waals surface area contributed by atoms with Gasteiger partial charge < -0.3 is 25.2 Å². The van der Waals surface area contributed by atoms with Gasteiger partial charge in [-0.1, -0.05) is 6.42 Å². The number of nitrogens with zero attached hydrogens (tertiary/aromatic N) is 1. The number of hydrogen-bond donors (Lipinski definition) is 2. The van der Waals surface area contributed by atoms with Crippen LogP contribution in [0.1, 0.15) is 45.4 Å². The van der Waals surface area contributed by atoms with E-state index < -0.39 is 29.8 Å². The second-order valence-corrected chi connectivity index (χ2v) is 7.27. The lowest BCUT2D eigenvalue weighted by Crippen LogP contribution is -2.56. The van der Waals surface area contributed by atoms with Crippen LogP contribution in [-0.4, -0.2) is 66.5 Å². The molecular weight excluding hydrogens is 300 g/mol. The predicted molar refractivity (Wildman–Crippen MR) is 84.2 cm³/mol. The van der Waals surface area contributed by atoms with Gasteiger partial charge in [0.25, 0.3) is 0 Å². The minimum absolute atomic E-state index is 0.00296. The summed E-state index contributed by atoms with van der Waals surface area (Å²) in [6.07, 6.45) is 1.52. The smallest absolute Gasteiger partial charge is 0.177 e. The van der Waals surface area contributed by atoms with Gasteiger partial charge in [-0.05, 0) is 19.8 Å². The zero-order valence-corrected chi connectivity index (χ0v) is 14.6. The Bertz CT molecular complexity index is 429. The Hall–Kier alpha value is -1.31. The molecule has 0 aliphatic carbocycles. The van der Waals surface area contributed by atoms with E-state index in [0.717, 1.165) is 0 Å². The first-order valence-corrected chi connectivity index (χ1v) is 7.92. The fourth-order valence-corrected chi connectivity index (χ4v) is 2.49. The van der Waals surface area contributed by atoms with Gasteiger partial charge in [-0.25, -0.2) is 0 Å². The first-order valence-electron chi connectivity index (χ1n) is 7.92. The van der Waals surface area contributed by atoms with Crippen molar-refractivity contribution in [1.82, 2.24) is 0 Å². The number of nitrogens with two attached hydrogens (primary N) is 1. The van der Waals surface area contributed by atoms with E-state index in [0.29, 0.717) is 25.7 Å². The lowest BCUT2D eigenvalue weighted by molar-refractivity contribution is -0.875. The van der Waals surface area contributed by atoms with Crippen molar-refractivity contribution in [2.24, 2.45) is 5.73 Å². The van der Waals surface area contributed by atoms with E-state index in [9.17, 15) is 24.6 Å². The van der Waals surface area contributed by atoms with Crippen LogP contribution in [-0.2, 0) is 14.4 Å². The Morgan fingerprint density at radius 2 is 1.65 bits per heavy atom. The van der Waals surface area contributed by atoms with Gasteiger partial charge in [-0.3, -0.25) is 9.59 Å². The summed E-state index contributed by atoms with van der Waals surface area (Å²) in [6, 6.07) is -0.477. The molecular formula is C16H30N2O5. The van der Waals surface area contributed by atoms with Gasteiger partial charge in [0.15, 0.2) is 11.4 Å². The summed E-state index contributed by atoms with van der Waals surface area (Å²) < 4.78 is 0.262. The highest BCUT2D eigenvalue weighted by atomic mass is 16.4. The quantitative estimate of drug-likeness (QED) is 0.350. The first-order chi connectivity index (χ1) is 10.4. The molecule has 0 rings (SSSR count). The van der Waals surface area contributed by atoms with Crippen LogP contribution >= 0.6 is 0 Å². The third-order valence-electron chi connectivity index (χ3n) is 3.53. The van der Waals surface area contributed by atoms with Crippen LogP contribution in [0.3, 0.4) is 0 Å². The SMILES string of the molecule is CC(N)C(=O)CCCCCC(=O)C(O)(CC(=O)[O-])C[N+](C)(C)C. The number of aliphatic hydroxyl groups is 1. The second kappa shape index (κ2) is 9.10. The summed E-state index contributed by atoms with van der Waals surface area (Å²) in [6.45, 7) is 1.64. The number of ketones is 2. The molecule has 0 spiro atoms. The van der Waals surface area contributed by atoms with Crippen LogP contribution in [0.5, 0.6) is 0 Å². The number of carboxylic acid groups (broad SMARTS) is 1. The summed E-state index contributed by atoms with van der Waals surface area (Å²) >= 11 is 0. The van der Waals surface area contributed by atoms with Crippen molar-refractivity contribution in [2.75, 3.05) is 27.7 Å². The molecule has 2 unspecified atom stereocenters. The molecule has 0 aromatic rings. The Morgan fingerprint density at radius 3 is 2.09 bits per heavy atom. The highest BCUT2D eigenvalue weighted by Gasteiger charge is 2.40. The molecule has 0 amide bonds. The number of Topliss-reactive ketones (excluding diaryl/α,β-unsaturated/α-hetero) is 2. The van der Waals surface area contributed by atoms with Crippen molar-refractivity contribution in [3.05, 3.63) is 0 Å². The standard InChI is InChI=1S/C16H30N2O5/c1-12(17)13(19)8-6-5-7-9-14(20)16(23,10-15(21)22)11-18(2,3)4/h12,23H,5-11,17H2,1-4H3. The van der Waals surface area contributed by atoms with E-state index in [1.54, 1.807) is 28.1 Å². The fourth-order valence-electron chi connectivity index (χ4n) is 2.49. The monoisotopic (exact) mass is 330 g/mol. The predicted octanol–water partition coefficient (Wildman–Crippen LogP) is -1.00. The highest BCUT2D eigenvalue weighted by Crippen LogP contribution is 2.19. The van der Waals surface area contributed by atoms with Crippen molar-refractivity contribution >= 4 is 17.5 Å². The molecule has 7 heteroatoms. The summed E-state index contributed by atoms with van der Waals surface area (Å²) in [4.78, 5) is 34.5. The molecule has 0 radical (unpaired) electrons. The normalized spacial score (nSPS) is 15.7. The number of quaternary nitrogens is 1. The lowest BCUT2D eigenvalue weighted by atomic mass is 9.89. The molecule has 0 aliphatic rings. The first kappa shape index (κ1) is 21.7. The van der Waals surface area contributed by atoms with E-state index in [-0.39, 0.29) is 23.2 Å². The zero-order chi connectivity index (χ0) is 18.3. The number of aliphatic carboxylic acids is 1. The Morgan fingerprint density at radius 1 is 1.13 bits per heavy atom. The number of carbonyl (C=O) groups excluding carboxylic acids is 3. The Labute approximate surface area is 138 Å². The molecule has 7 nitrogen and oxygen atoms in total. The summed E-state index contributed by atoms with van der Waals surface area (Å²) in [7, 11) is 5.31. The van der Waals surface area contributed by atoms with E-state index in [4.69, 9.17) is 5.73 Å². The zero-order valence-electron chi connectivity index (χ0n) is 14.6. The maximum absolute atomic E-state index is 12.2. The molecule has 2 atom stereocenters. The minimum atomic E-state index is -1.92. The number of carbonyl (C=O) groups is 3. The second-order valence-electron chi connectivity index (χ2n) is 7.27. The summed E-state index contributed by atoms with van der Waals surface area (Å²) in [5, 5.41) is 21.3. The van der Waals surface area contributed by atoms with Gasteiger partial charge >= 0.3 is 0 Å². The molecule has 0 aromatic carbocycles. The van der Waals surface area contributed by atoms with Crippen LogP contribution in [0.15, 0.2) is 0 Å². The van der Waals surface area contributed by atoms with E-state index in [2.05, 4.69) is 0 Å². The largest absolute Gasteiger partial charge is 0.550 e. The average Bonchev–Trinajstić information content (AvgIpc) is 2.34. The number of likely N-dealkylation sites (N-methyl/N-ethyl adjacent to an activating group) is 1. The van der Waals surface area contributed by atoms with Crippen LogP contribution in [0.25, 0.3) is 0 Å². The number of unbranched alkanes of at least 4 members (excludes halogenated alkanes) is 2. The maximum Gasteiger partial charge on any atom is 0.177 e. The molecule has 0 aliphatic heterocycles. The van der Waals surface area contributed by atoms with Gasteiger partial charge in [0, 0.05) is 25.2 Å². The van der Waals surface area contributed by atoms with E-state index in [1.807, 2.05) is 0 Å². The van der Waals surface area contributed by atoms with Gasteiger partial charge in [-0.15, -0.1) is 0 Å². The summed E-state index contributed by atoms with van der Waals surface area (Å²) in [5.74, 6) is -1.96. The Balaban J connectivity index is 4.45. The molecule has 3 N–H and O–H groups in total. The van der Waals surface area contributed by atoms with Gasteiger partial charge in [0.05, 0.1) is 27.2 Å². The molecule has 0 heterocycles. The number of hydrogen-bond acceptors (Lipinski definition) is 6. The van der Waals surface area contributed by atoms with Crippen molar-refractivity contribution < 1.29 is 29.1 Å². The molecule has 23 heavy (non-hydrogen) atoms. The van der Waals surface area contributed by atoms with Crippen molar-refractivity contribution in [1.29, 1.82) is 0 Å². The van der Waals surface area contributed by atoms with Gasteiger partial charge in [-0.2, -0.15) is 0 Å². The van der Waals surface area contributed by atoms with Crippen molar-refractivity contribution in [3.8, 4) is 0 Å². The maximum atomic E-state index is 12.2. The molecule has 0 bridgehead atoms. The van der Waals surface area contributed by atoms with Crippen molar-refractivity contribution in [3.63, 3.8) is 0 Å². The highest BCUT2D eigenvalue weighted by molar-refractivity contribution is 5.90. The van der Waals surface area contributed by atoms with E-state index >= 15 is 0 Å². The number of rotatable bonds is 12. The topological polar surface area (TPSA) is 121 Å². The average molecular weight is 330 g/mol. The van der Waals surface area contributed by atoms with Gasteiger partial charge in [0.2, 0.25) is 0 Å². The lowest BCUT2D eigenvalue weighted by Gasteiger charge is -2.34. The van der Waals surface area contributed by atoms with Gasteiger partial charge in [0.1, 0.15) is 12.3 Å². The molecule has 0 aromatic heterocycles. The van der Waals surface area contributed by atoms with Crippen LogP contribution in [0.4, 0.5) is 0 Å². The van der Waals surface area contributed by atoms with Crippen LogP contribution < -0.4 is 10.8 Å². The summed E-state index contributed by atoms with van der Waals surface area (Å²) in [5.41, 5.74) is 3.54. The molecule has 0 saturated heterocycles. The van der Waals surface area contributed by atoms with Crippen LogP contribution in [0.2, 0.25) is 0 Å². The van der Waals surface area contributed by atoms with E-state index in [1.165, 1.54) is 0 Å². The Kier molecular flexibility index (Phi) is 8.58. The molecule has 134 valence electrons. The fraction of sp³-hybridized carbons (Fsp3) is 0.812. The third kappa shape index (κ3) is 9.43. The molecule has 0 fully saturated rings. The number of carboxylic acids is 1. The molecule has 0 saturated carbocycles. The van der Waals surface area contributed by atoms with Crippen LogP contribution in [0, 0.1) is 0 Å². The third-order valence-corrected chi connectivity index (χ3v) is 3.53.